The molecule has 0 spiro atoms. The molecule has 72 valence electrons. The molecule has 0 aromatic carbocycles. The maximum absolute atomic E-state index is 11.3. The molecule has 0 radical (unpaired) electrons. The normalized spacial score (nSPS) is 20.6. The fraction of sp³-hybridized carbons (Fsp3) is 0.400. The van der Waals surface area contributed by atoms with Crippen molar-refractivity contribution in [2.45, 2.75) is 18.9 Å². The molecule has 1 aliphatic rings. The highest BCUT2D eigenvalue weighted by molar-refractivity contribution is 5.27. The summed E-state index contributed by atoms with van der Waals surface area (Å²) < 4.78 is 5.41. The van der Waals surface area contributed by atoms with Gasteiger partial charge in [0.1, 0.15) is 11.6 Å². The van der Waals surface area contributed by atoms with E-state index in [0.717, 1.165) is 25.1 Å². The maximum atomic E-state index is 11.3. The first-order valence-electron chi connectivity index (χ1n) is 4.56. The van der Waals surface area contributed by atoms with E-state index < -0.39 is 0 Å². The third-order valence-corrected chi connectivity index (χ3v) is 2.33. The molecular formula is C10H10N2O2. The van der Waals surface area contributed by atoms with Gasteiger partial charge in [-0.25, -0.2) is 0 Å². The average molecular weight is 190 g/mol. The molecule has 1 saturated heterocycles. The standard InChI is InChI=1S/C10H10N2O2/c11-6-7-3-4-8(12-10(7)13)9-2-1-5-14-9/h3-4,9H,1-2,5H2,(H,12,13). The zero-order valence-corrected chi connectivity index (χ0v) is 7.62. The van der Waals surface area contributed by atoms with E-state index >= 15 is 0 Å². The first kappa shape index (κ1) is 8.97. The van der Waals surface area contributed by atoms with Crippen molar-refractivity contribution in [3.8, 4) is 6.07 Å². The van der Waals surface area contributed by atoms with E-state index in [1.807, 2.05) is 6.07 Å². The molecule has 2 rings (SSSR count). The van der Waals surface area contributed by atoms with Crippen molar-refractivity contribution in [3.05, 3.63) is 33.7 Å². The zero-order chi connectivity index (χ0) is 9.97. The highest BCUT2D eigenvalue weighted by Gasteiger charge is 2.18. The molecule has 1 aliphatic heterocycles. The van der Waals surface area contributed by atoms with Crippen LogP contribution in [0.1, 0.15) is 30.2 Å². The van der Waals surface area contributed by atoms with Gasteiger partial charge in [-0.05, 0) is 25.0 Å². The third-order valence-electron chi connectivity index (χ3n) is 2.33. The fourth-order valence-electron chi connectivity index (χ4n) is 1.59. The van der Waals surface area contributed by atoms with Crippen molar-refractivity contribution in [3.63, 3.8) is 0 Å². The lowest BCUT2D eigenvalue weighted by atomic mass is 10.1. The Balaban J connectivity index is 2.33. The van der Waals surface area contributed by atoms with Crippen molar-refractivity contribution in [1.82, 2.24) is 4.98 Å². The SMILES string of the molecule is N#Cc1ccc(C2CCCO2)[nH]c1=O. The van der Waals surface area contributed by atoms with E-state index in [-0.39, 0.29) is 17.2 Å². The van der Waals surface area contributed by atoms with Gasteiger partial charge in [0.25, 0.3) is 5.56 Å². The summed E-state index contributed by atoms with van der Waals surface area (Å²) in [4.78, 5) is 14.0. The van der Waals surface area contributed by atoms with Crippen molar-refractivity contribution in [2.75, 3.05) is 6.61 Å². The molecule has 0 amide bonds. The zero-order valence-electron chi connectivity index (χ0n) is 7.62. The molecule has 1 fully saturated rings. The van der Waals surface area contributed by atoms with Gasteiger partial charge in [0.15, 0.2) is 0 Å². The summed E-state index contributed by atoms with van der Waals surface area (Å²) in [6.45, 7) is 0.743. The molecule has 4 nitrogen and oxygen atoms in total. The van der Waals surface area contributed by atoms with Crippen LogP contribution in [0.5, 0.6) is 0 Å². The van der Waals surface area contributed by atoms with Crippen molar-refractivity contribution in [1.29, 1.82) is 5.26 Å². The van der Waals surface area contributed by atoms with E-state index in [0.29, 0.717) is 0 Å². The van der Waals surface area contributed by atoms with Crippen LogP contribution in [0.2, 0.25) is 0 Å². The smallest absolute Gasteiger partial charge is 0.266 e. The van der Waals surface area contributed by atoms with E-state index in [9.17, 15) is 4.79 Å². The van der Waals surface area contributed by atoms with Gasteiger partial charge < -0.3 is 9.72 Å². The predicted molar refractivity (Wildman–Crippen MR) is 49.7 cm³/mol. The van der Waals surface area contributed by atoms with Gasteiger partial charge in [-0.1, -0.05) is 0 Å². The molecule has 1 aromatic heterocycles. The van der Waals surface area contributed by atoms with Gasteiger partial charge in [0, 0.05) is 12.3 Å². The number of nitrogens with one attached hydrogen (secondary N) is 1. The van der Waals surface area contributed by atoms with Gasteiger partial charge in [0.2, 0.25) is 0 Å². The first-order chi connectivity index (χ1) is 6.81. The number of hydrogen-bond donors (Lipinski definition) is 1. The number of H-pyrrole nitrogens is 1. The monoisotopic (exact) mass is 190 g/mol. The lowest BCUT2D eigenvalue weighted by Crippen LogP contribution is -2.14. The number of rotatable bonds is 1. The van der Waals surface area contributed by atoms with Crippen LogP contribution in [0.15, 0.2) is 16.9 Å². The molecule has 0 aliphatic carbocycles. The Labute approximate surface area is 81.1 Å². The number of aromatic amines is 1. The second-order valence-electron chi connectivity index (χ2n) is 3.27. The Morgan fingerprint density at radius 3 is 3.00 bits per heavy atom. The molecule has 0 bridgehead atoms. The second kappa shape index (κ2) is 3.64. The number of pyridine rings is 1. The van der Waals surface area contributed by atoms with Crippen LogP contribution in [0, 0.1) is 11.3 Å². The number of nitrogens with zero attached hydrogens (tertiary/aromatic N) is 1. The molecule has 2 heterocycles. The summed E-state index contributed by atoms with van der Waals surface area (Å²) in [6, 6.07) is 5.11. The summed E-state index contributed by atoms with van der Waals surface area (Å²) in [5, 5.41) is 8.57. The van der Waals surface area contributed by atoms with Crippen LogP contribution in [-0.4, -0.2) is 11.6 Å². The molecule has 14 heavy (non-hydrogen) atoms. The topological polar surface area (TPSA) is 65.9 Å². The summed E-state index contributed by atoms with van der Waals surface area (Å²) >= 11 is 0. The van der Waals surface area contributed by atoms with Crippen LogP contribution in [-0.2, 0) is 4.74 Å². The lowest BCUT2D eigenvalue weighted by Gasteiger charge is -2.08. The fourth-order valence-corrected chi connectivity index (χ4v) is 1.59. The second-order valence-corrected chi connectivity index (χ2v) is 3.27. The Bertz CT molecular complexity index is 424. The van der Waals surface area contributed by atoms with Crippen molar-refractivity contribution < 1.29 is 4.74 Å². The minimum atomic E-state index is -0.333. The van der Waals surface area contributed by atoms with Gasteiger partial charge in [0.05, 0.1) is 6.10 Å². The number of nitriles is 1. The maximum Gasteiger partial charge on any atom is 0.266 e. The summed E-state index contributed by atoms with van der Waals surface area (Å²) in [5.74, 6) is 0. The molecular weight excluding hydrogens is 180 g/mol. The first-order valence-corrected chi connectivity index (χ1v) is 4.56. The van der Waals surface area contributed by atoms with Gasteiger partial charge in [-0.15, -0.1) is 0 Å². The molecule has 1 N–H and O–H groups in total. The van der Waals surface area contributed by atoms with Gasteiger partial charge in [-0.2, -0.15) is 5.26 Å². The minimum Gasteiger partial charge on any atom is -0.372 e. The molecule has 1 atom stereocenters. The van der Waals surface area contributed by atoms with Crippen LogP contribution in [0.3, 0.4) is 0 Å². The van der Waals surface area contributed by atoms with Gasteiger partial charge >= 0.3 is 0 Å². The number of ether oxygens (including phenoxy) is 1. The van der Waals surface area contributed by atoms with E-state index in [1.165, 1.54) is 6.07 Å². The van der Waals surface area contributed by atoms with Crippen LogP contribution >= 0.6 is 0 Å². The number of aromatic nitrogens is 1. The van der Waals surface area contributed by atoms with E-state index in [1.54, 1.807) is 6.07 Å². The molecule has 1 aromatic rings. The Hall–Kier alpha value is -1.60. The largest absolute Gasteiger partial charge is 0.372 e. The molecule has 0 saturated carbocycles. The summed E-state index contributed by atoms with van der Waals surface area (Å²) in [6.07, 6.45) is 1.95. The highest BCUT2D eigenvalue weighted by atomic mass is 16.5. The average Bonchev–Trinajstić information content (AvgIpc) is 2.70. The summed E-state index contributed by atoms with van der Waals surface area (Å²) in [7, 11) is 0. The van der Waals surface area contributed by atoms with Gasteiger partial charge in [-0.3, -0.25) is 4.79 Å². The van der Waals surface area contributed by atoms with Crippen molar-refractivity contribution >= 4 is 0 Å². The van der Waals surface area contributed by atoms with Crippen LogP contribution in [0.25, 0.3) is 0 Å². The molecule has 4 heteroatoms. The Morgan fingerprint density at radius 2 is 2.43 bits per heavy atom. The third kappa shape index (κ3) is 1.54. The lowest BCUT2D eigenvalue weighted by molar-refractivity contribution is 0.108. The number of hydrogen-bond acceptors (Lipinski definition) is 3. The Kier molecular flexibility index (Phi) is 2.33. The highest BCUT2D eigenvalue weighted by Crippen LogP contribution is 2.26. The molecule has 1 unspecified atom stereocenters. The quantitative estimate of drug-likeness (QED) is 0.721. The van der Waals surface area contributed by atoms with Crippen LogP contribution < -0.4 is 5.56 Å². The Morgan fingerprint density at radius 1 is 1.57 bits per heavy atom. The van der Waals surface area contributed by atoms with E-state index in [2.05, 4.69) is 4.98 Å². The summed E-state index contributed by atoms with van der Waals surface area (Å²) in [5.41, 5.74) is 0.582. The van der Waals surface area contributed by atoms with Crippen molar-refractivity contribution in [2.24, 2.45) is 0 Å². The van der Waals surface area contributed by atoms with E-state index in [4.69, 9.17) is 10.00 Å². The predicted octanol–water partition coefficient (Wildman–Crippen LogP) is 1.10. The minimum absolute atomic E-state index is 0.00422. The van der Waals surface area contributed by atoms with Crippen LogP contribution in [0.4, 0.5) is 0 Å².